The minimum Gasteiger partial charge on any atom is -0.507 e. The third kappa shape index (κ3) is 3.48. The number of rotatable bonds is 3. The Morgan fingerprint density at radius 2 is 1.68 bits per heavy atom. The number of aromatic hydroxyl groups is 1. The van der Waals surface area contributed by atoms with E-state index < -0.39 is 0 Å². The fourth-order valence-electron chi connectivity index (χ4n) is 2.92. The smallest absolute Gasteiger partial charge is 0.259 e. The molecule has 0 bridgehead atoms. The highest BCUT2D eigenvalue weighted by Gasteiger charge is 2.19. The molecule has 0 atom stereocenters. The Kier molecular flexibility index (Phi) is 4.59. The summed E-state index contributed by atoms with van der Waals surface area (Å²) in [7, 11) is 0. The molecule has 1 aliphatic rings. The minimum atomic E-state index is -0.299. The van der Waals surface area contributed by atoms with E-state index in [9.17, 15) is 9.90 Å². The fourth-order valence-corrected chi connectivity index (χ4v) is 5.76. The van der Waals surface area contributed by atoms with Gasteiger partial charge in [0.1, 0.15) is 5.75 Å². The summed E-state index contributed by atoms with van der Waals surface area (Å²) in [6, 6.07) is 19.0. The van der Waals surface area contributed by atoms with Gasteiger partial charge in [0.2, 0.25) is 0 Å². The standard InChI is InChI=1S/C20H17NO2S2/c22-18-12-14-5-2-1-4-13(14)11-17(18)19(23)21-16-7-3-6-15(10-16)20-24-8-9-25-20/h1-7,10-12,20,22H,8-9H2,(H,21,23). The Bertz CT molecular complexity index is 936. The second kappa shape index (κ2) is 7.02. The van der Waals surface area contributed by atoms with Crippen LogP contribution in [0.1, 0.15) is 20.5 Å². The zero-order chi connectivity index (χ0) is 17.2. The summed E-state index contributed by atoms with van der Waals surface area (Å²) in [5.41, 5.74) is 2.25. The maximum Gasteiger partial charge on any atom is 0.259 e. The molecular formula is C20H17NO2S2. The van der Waals surface area contributed by atoms with Crippen molar-refractivity contribution in [2.75, 3.05) is 16.8 Å². The van der Waals surface area contributed by atoms with Gasteiger partial charge >= 0.3 is 0 Å². The van der Waals surface area contributed by atoms with E-state index in [2.05, 4.69) is 11.4 Å². The fraction of sp³-hybridized carbons (Fsp3) is 0.150. The molecule has 0 radical (unpaired) electrons. The van der Waals surface area contributed by atoms with Crippen LogP contribution < -0.4 is 5.32 Å². The zero-order valence-electron chi connectivity index (χ0n) is 13.4. The quantitative estimate of drug-likeness (QED) is 0.661. The maximum atomic E-state index is 12.6. The number of carbonyl (C=O) groups is 1. The predicted octanol–water partition coefficient (Wildman–Crippen LogP) is 5.28. The van der Waals surface area contributed by atoms with Crippen molar-refractivity contribution in [2.24, 2.45) is 0 Å². The van der Waals surface area contributed by atoms with Crippen LogP contribution >= 0.6 is 23.5 Å². The van der Waals surface area contributed by atoms with E-state index in [-0.39, 0.29) is 17.2 Å². The van der Waals surface area contributed by atoms with E-state index in [0.29, 0.717) is 4.58 Å². The number of anilines is 1. The first-order chi connectivity index (χ1) is 12.2. The number of carbonyl (C=O) groups excluding carboxylic acids is 1. The molecule has 3 aromatic carbocycles. The van der Waals surface area contributed by atoms with Gasteiger partial charge in [-0.2, -0.15) is 0 Å². The predicted molar refractivity (Wildman–Crippen MR) is 108 cm³/mol. The van der Waals surface area contributed by atoms with E-state index in [1.807, 2.05) is 66.0 Å². The molecule has 0 saturated carbocycles. The Hall–Kier alpha value is -2.11. The van der Waals surface area contributed by atoms with Crippen LogP contribution in [0.2, 0.25) is 0 Å². The molecule has 3 aromatic rings. The molecule has 0 aromatic heterocycles. The van der Waals surface area contributed by atoms with Crippen molar-refractivity contribution >= 4 is 45.9 Å². The summed E-state index contributed by atoms with van der Waals surface area (Å²) in [6.45, 7) is 0. The Labute approximate surface area is 154 Å². The lowest BCUT2D eigenvalue weighted by Gasteiger charge is -2.12. The van der Waals surface area contributed by atoms with Crippen molar-refractivity contribution < 1.29 is 9.90 Å². The van der Waals surface area contributed by atoms with E-state index in [4.69, 9.17) is 0 Å². The van der Waals surface area contributed by atoms with Crippen molar-refractivity contribution in [2.45, 2.75) is 4.58 Å². The van der Waals surface area contributed by atoms with E-state index in [0.717, 1.165) is 28.0 Å². The molecule has 25 heavy (non-hydrogen) atoms. The first-order valence-electron chi connectivity index (χ1n) is 8.07. The van der Waals surface area contributed by atoms with Gasteiger partial charge in [-0.05, 0) is 40.6 Å². The van der Waals surface area contributed by atoms with Gasteiger partial charge in [-0.15, -0.1) is 23.5 Å². The number of hydrogen-bond donors (Lipinski definition) is 2. The molecule has 0 spiro atoms. The normalized spacial score (nSPS) is 14.7. The van der Waals surface area contributed by atoms with E-state index >= 15 is 0 Å². The van der Waals surface area contributed by atoms with Gasteiger partial charge in [0.05, 0.1) is 10.1 Å². The molecular weight excluding hydrogens is 350 g/mol. The zero-order valence-corrected chi connectivity index (χ0v) is 15.1. The lowest BCUT2D eigenvalue weighted by Crippen LogP contribution is -2.12. The van der Waals surface area contributed by atoms with Gasteiger partial charge in [-0.25, -0.2) is 0 Å². The van der Waals surface area contributed by atoms with E-state index in [1.165, 1.54) is 5.56 Å². The summed E-state index contributed by atoms with van der Waals surface area (Å²) >= 11 is 3.87. The maximum absolute atomic E-state index is 12.6. The first-order valence-corrected chi connectivity index (χ1v) is 10.2. The summed E-state index contributed by atoms with van der Waals surface area (Å²) in [5.74, 6) is 2.02. The largest absolute Gasteiger partial charge is 0.507 e. The summed E-state index contributed by atoms with van der Waals surface area (Å²) in [4.78, 5) is 12.6. The molecule has 0 unspecified atom stereocenters. The Morgan fingerprint density at radius 3 is 2.44 bits per heavy atom. The van der Waals surface area contributed by atoms with Gasteiger partial charge in [-0.3, -0.25) is 4.79 Å². The molecule has 4 rings (SSSR count). The topological polar surface area (TPSA) is 49.3 Å². The van der Waals surface area contributed by atoms with Crippen LogP contribution in [0.25, 0.3) is 10.8 Å². The highest BCUT2D eigenvalue weighted by Crippen LogP contribution is 2.45. The number of nitrogens with one attached hydrogen (secondary N) is 1. The number of amides is 1. The molecule has 1 saturated heterocycles. The second-order valence-electron chi connectivity index (χ2n) is 5.87. The van der Waals surface area contributed by atoms with Crippen LogP contribution in [0, 0.1) is 0 Å². The highest BCUT2D eigenvalue weighted by atomic mass is 32.2. The minimum absolute atomic E-state index is 0.00532. The third-order valence-electron chi connectivity index (χ3n) is 4.15. The first kappa shape index (κ1) is 16.4. The summed E-state index contributed by atoms with van der Waals surface area (Å²) in [5, 5.41) is 15.0. The molecule has 126 valence electrons. The molecule has 5 heteroatoms. The number of benzene rings is 3. The van der Waals surface area contributed by atoms with Crippen LogP contribution in [0.4, 0.5) is 5.69 Å². The number of phenols is 1. The Morgan fingerprint density at radius 1 is 0.960 bits per heavy atom. The van der Waals surface area contributed by atoms with E-state index in [1.54, 1.807) is 12.1 Å². The van der Waals surface area contributed by atoms with Gasteiger partial charge in [0, 0.05) is 17.2 Å². The average molecular weight is 367 g/mol. The van der Waals surface area contributed by atoms with Gasteiger partial charge in [0.25, 0.3) is 5.91 Å². The van der Waals surface area contributed by atoms with Crippen molar-refractivity contribution in [3.63, 3.8) is 0 Å². The molecule has 0 aliphatic carbocycles. The van der Waals surface area contributed by atoms with Crippen molar-refractivity contribution in [3.8, 4) is 5.75 Å². The molecule has 2 N–H and O–H groups in total. The Balaban J connectivity index is 1.59. The van der Waals surface area contributed by atoms with Gasteiger partial charge in [-0.1, -0.05) is 36.4 Å². The summed E-state index contributed by atoms with van der Waals surface area (Å²) < 4.78 is 0.436. The van der Waals surface area contributed by atoms with Crippen molar-refractivity contribution in [3.05, 3.63) is 71.8 Å². The highest BCUT2D eigenvalue weighted by molar-refractivity contribution is 8.19. The lowest BCUT2D eigenvalue weighted by atomic mass is 10.1. The SMILES string of the molecule is O=C(Nc1cccc(C2SCCS2)c1)c1cc2ccccc2cc1O. The number of hydrogen-bond acceptors (Lipinski definition) is 4. The van der Waals surface area contributed by atoms with Crippen LogP contribution in [0.5, 0.6) is 5.75 Å². The van der Waals surface area contributed by atoms with Crippen LogP contribution in [-0.4, -0.2) is 22.5 Å². The third-order valence-corrected chi connectivity index (χ3v) is 7.25. The summed E-state index contributed by atoms with van der Waals surface area (Å²) in [6.07, 6.45) is 0. The lowest BCUT2D eigenvalue weighted by molar-refractivity contribution is 0.102. The number of thioether (sulfide) groups is 2. The monoisotopic (exact) mass is 367 g/mol. The molecule has 1 amide bonds. The van der Waals surface area contributed by atoms with Crippen molar-refractivity contribution in [1.82, 2.24) is 0 Å². The van der Waals surface area contributed by atoms with Crippen LogP contribution in [-0.2, 0) is 0 Å². The average Bonchev–Trinajstić information content (AvgIpc) is 3.16. The molecule has 3 nitrogen and oxygen atoms in total. The van der Waals surface area contributed by atoms with Crippen LogP contribution in [0.15, 0.2) is 60.7 Å². The van der Waals surface area contributed by atoms with Gasteiger partial charge < -0.3 is 10.4 Å². The van der Waals surface area contributed by atoms with Crippen LogP contribution in [0.3, 0.4) is 0 Å². The second-order valence-corrected chi connectivity index (χ2v) is 8.59. The molecule has 1 fully saturated rings. The van der Waals surface area contributed by atoms with Crippen molar-refractivity contribution in [1.29, 1.82) is 0 Å². The molecule has 1 aliphatic heterocycles. The number of fused-ring (bicyclic) bond motifs is 1. The number of phenolic OH excluding ortho intramolecular Hbond substituents is 1. The molecule has 1 heterocycles. The van der Waals surface area contributed by atoms with Gasteiger partial charge in [0.15, 0.2) is 0 Å².